The van der Waals surface area contributed by atoms with Crippen molar-refractivity contribution in [3.63, 3.8) is 0 Å². The van der Waals surface area contributed by atoms with E-state index in [1.54, 1.807) is 6.92 Å². The molecule has 1 fully saturated rings. The highest BCUT2D eigenvalue weighted by molar-refractivity contribution is 5.94. The zero-order valence-corrected chi connectivity index (χ0v) is 14.4. The predicted molar refractivity (Wildman–Crippen MR) is 96.1 cm³/mol. The summed E-state index contributed by atoms with van der Waals surface area (Å²) < 4.78 is 18.5. The Morgan fingerprint density at radius 1 is 1.20 bits per heavy atom. The minimum atomic E-state index is -0.673. The number of rotatable bonds is 6. The summed E-state index contributed by atoms with van der Waals surface area (Å²) in [5.74, 6) is -0.103. The lowest BCUT2D eigenvalue weighted by Gasteiger charge is -2.17. The molecule has 1 aliphatic heterocycles. The number of hydrogen-bond donors (Lipinski definition) is 1. The molecule has 0 bridgehead atoms. The molecule has 0 aliphatic carbocycles. The second-order valence-electron chi connectivity index (χ2n) is 6.39. The fourth-order valence-corrected chi connectivity index (χ4v) is 2.96. The van der Waals surface area contributed by atoms with Gasteiger partial charge in [0.05, 0.1) is 0 Å². The van der Waals surface area contributed by atoms with Gasteiger partial charge in [-0.25, -0.2) is 4.39 Å². The highest BCUT2D eigenvalue weighted by Crippen LogP contribution is 2.17. The highest BCUT2D eigenvalue weighted by atomic mass is 19.1. The molecule has 1 atom stereocenters. The van der Waals surface area contributed by atoms with E-state index in [9.17, 15) is 9.18 Å². The molecule has 1 aliphatic rings. The van der Waals surface area contributed by atoms with E-state index in [-0.39, 0.29) is 11.7 Å². The van der Waals surface area contributed by atoms with Crippen molar-refractivity contribution in [1.82, 2.24) is 4.90 Å². The largest absolute Gasteiger partial charge is 0.481 e. The van der Waals surface area contributed by atoms with Gasteiger partial charge in [0.15, 0.2) is 6.10 Å². The van der Waals surface area contributed by atoms with Crippen molar-refractivity contribution >= 4 is 11.6 Å². The van der Waals surface area contributed by atoms with Gasteiger partial charge in [0.1, 0.15) is 11.6 Å². The van der Waals surface area contributed by atoms with Crippen molar-refractivity contribution in [2.75, 3.05) is 18.4 Å². The van der Waals surface area contributed by atoms with Crippen LogP contribution in [0.15, 0.2) is 48.5 Å². The Hall–Kier alpha value is -2.40. The summed E-state index contributed by atoms with van der Waals surface area (Å²) in [7, 11) is 0. The average Bonchev–Trinajstić information content (AvgIpc) is 3.10. The molecule has 2 aromatic carbocycles. The lowest BCUT2D eigenvalue weighted by Crippen LogP contribution is -2.30. The third-order valence-corrected chi connectivity index (χ3v) is 4.30. The van der Waals surface area contributed by atoms with Crippen LogP contribution in [0.25, 0.3) is 0 Å². The number of carbonyl (C=O) groups is 1. The van der Waals surface area contributed by atoms with Crippen LogP contribution in [0.2, 0.25) is 0 Å². The standard InChI is InChI=1S/C20H23FN2O2/c1-15(25-19-9-7-17(21)8-10-19)20(24)22-18-6-4-5-16(13-18)14-23-11-2-3-12-23/h4-10,13,15H,2-3,11-12,14H2,1H3,(H,22,24). The minimum absolute atomic E-state index is 0.234. The molecule has 132 valence electrons. The average molecular weight is 342 g/mol. The molecule has 0 spiro atoms. The Morgan fingerprint density at radius 2 is 1.92 bits per heavy atom. The van der Waals surface area contributed by atoms with Gasteiger partial charge >= 0.3 is 0 Å². The van der Waals surface area contributed by atoms with Crippen molar-refractivity contribution in [3.05, 3.63) is 59.9 Å². The maximum atomic E-state index is 12.9. The number of halogens is 1. The summed E-state index contributed by atoms with van der Waals surface area (Å²) >= 11 is 0. The summed E-state index contributed by atoms with van der Waals surface area (Å²) in [6, 6.07) is 13.5. The fraction of sp³-hybridized carbons (Fsp3) is 0.350. The SMILES string of the molecule is CC(Oc1ccc(F)cc1)C(=O)Nc1cccc(CN2CCCC2)c1. The van der Waals surface area contributed by atoms with Gasteiger partial charge in [0, 0.05) is 12.2 Å². The maximum absolute atomic E-state index is 12.9. The molecule has 1 saturated heterocycles. The van der Waals surface area contributed by atoms with E-state index < -0.39 is 6.10 Å². The second-order valence-corrected chi connectivity index (χ2v) is 6.39. The molecule has 1 N–H and O–H groups in total. The van der Waals surface area contributed by atoms with Crippen LogP contribution in [0.3, 0.4) is 0 Å². The molecule has 1 amide bonds. The van der Waals surface area contributed by atoms with Gasteiger partial charge < -0.3 is 10.1 Å². The molecule has 0 radical (unpaired) electrons. The molecular formula is C20H23FN2O2. The van der Waals surface area contributed by atoms with Gasteiger partial charge in [-0.2, -0.15) is 0 Å². The number of amides is 1. The van der Waals surface area contributed by atoms with Crippen LogP contribution in [0, 0.1) is 5.82 Å². The first-order chi connectivity index (χ1) is 12.1. The van der Waals surface area contributed by atoms with Crippen LogP contribution in [-0.4, -0.2) is 30.0 Å². The quantitative estimate of drug-likeness (QED) is 0.867. The number of nitrogens with one attached hydrogen (secondary N) is 1. The fourth-order valence-electron chi connectivity index (χ4n) is 2.96. The van der Waals surface area contributed by atoms with Crippen molar-refractivity contribution < 1.29 is 13.9 Å². The minimum Gasteiger partial charge on any atom is -0.481 e. The van der Waals surface area contributed by atoms with Crippen molar-refractivity contribution in [3.8, 4) is 5.75 Å². The van der Waals surface area contributed by atoms with Gasteiger partial charge in [0.25, 0.3) is 5.91 Å². The molecule has 3 rings (SSSR count). The van der Waals surface area contributed by atoms with E-state index in [0.717, 1.165) is 25.3 Å². The second kappa shape index (κ2) is 8.12. The van der Waals surface area contributed by atoms with E-state index in [4.69, 9.17) is 4.74 Å². The van der Waals surface area contributed by atoms with E-state index >= 15 is 0 Å². The van der Waals surface area contributed by atoms with E-state index in [0.29, 0.717) is 5.75 Å². The zero-order chi connectivity index (χ0) is 17.6. The number of likely N-dealkylation sites (tertiary alicyclic amines) is 1. The van der Waals surface area contributed by atoms with Crippen LogP contribution < -0.4 is 10.1 Å². The van der Waals surface area contributed by atoms with Gasteiger partial charge in [-0.1, -0.05) is 12.1 Å². The number of ether oxygens (including phenoxy) is 1. The van der Waals surface area contributed by atoms with Crippen LogP contribution in [0.1, 0.15) is 25.3 Å². The van der Waals surface area contributed by atoms with E-state index in [2.05, 4.69) is 16.3 Å². The number of benzene rings is 2. The molecular weight excluding hydrogens is 319 g/mol. The molecule has 4 nitrogen and oxygen atoms in total. The summed E-state index contributed by atoms with van der Waals surface area (Å²) in [4.78, 5) is 14.7. The maximum Gasteiger partial charge on any atom is 0.265 e. The van der Waals surface area contributed by atoms with Gasteiger partial charge in [-0.15, -0.1) is 0 Å². The molecule has 25 heavy (non-hydrogen) atoms. The van der Waals surface area contributed by atoms with Crippen LogP contribution in [0.4, 0.5) is 10.1 Å². The normalized spacial score (nSPS) is 15.8. The number of nitrogens with zero attached hydrogens (tertiary/aromatic N) is 1. The van der Waals surface area contributed by atoms with Gasteiger partial charge in [-0.3, -0.25) is 9.69 Å². The smallest absolute Gasteiger partial charge is 0.265 e. The number of carbonyl (C=O) groups excluding carboxylic acids is 1. The summed E-state index contributed by atoms with van der Waals surface area (Å²) in [5, 5.41) is 2.88. The Bertz CT molecular complexity index is 712. The lowest BCUT2D eigenvalue weighted by atomic mass is 10.2. The van der Waals surface area contributed by atoms with E-state index in [1.165, 1.54) is 42.7 Å². The summed E-state index contributed by atoms with van der Waals surface area (Å²) in [6.07, 6.45) is 1.84. The first kappa shape index (κ1) is 17.4. The molecule has 5 heteroatoms. The Balaban J connectivity index is 1.57. The predicted octanol–water partition coefficient (Wildman–Crippen LogP) is 3.83. The summed E-state index contributed by atoms with van der Waals surface area (Å²) in [5.41, 5.74) is 1.95. The molecule has 0 saturated carbocycles. The third kappa shape index (κ3) is 5.03. The van der Waals surface area contributed by atoms with Crippen molar-refractivity contribution in [2.24, 2.45) is 0 Å². The zero-order valence-electron chi connectivity index (χ0n) is 14.4. The van der Waals surface area contributed by atoms with Crippen LogP contribution in [-0.2, 0) is 11.3 Å². The van der Waals surface area contributed by atoms with E-state index in [1.807, 2.05) is 18.2 Å². The lowest BCUT2D eigenvalue weighted by molar-refractivity contribution is -0.122. The van der Waals surface area contributed by atoms with Gasteiger partial charge in [0.2, 0.25) is 0 Å². The first-order valence-corrected chi connectivity index (χ1v) is 8.64. The third-order valence-electron chi connectivity index (χ3n) is 4.30. The number of hydrogen-bond acceptors (Lipinski definition) is 3. The summed E-state index contributed by atoms with van der Waals surface area (Å²) in [6.45, 7) is 4.86. The van der Waals surface area contributed by atoms with Crippen LogP contribution in [0.5, 0.6) is 5.75 Å². The molecule has 1 unspecified atom stereocenters. The highest BCUT2D eigenvalue weighted by Gasteiger charge is 2.16. The molecule has 1 heterocycles. The first-order valence-electron chi connectivity index (χ1n) is 8.64. The van der Waals surface area contributed by atoms with Crippen molar-refractivity contribution in [2.45, 2.75) is 32.4 Å². The Kier molecular flexibility index (Phi) is 5.66. The van der Waals surface area contributed by atoms with Crippen LogP contribution >= 0.6 is 0 Å². The number of anilines is 1. The Labute approximate surface area is 147 Å². The topological polar surface area (TPSA) is 41.6 Å². The van der Waals surface area contributed by atoms with Crippen molar-refractivity contribution in [1.29, 1.82) is 0 Å². The molecule has 0 aromatic heterocycles. The monoisotopic (exact) mass is 342 g/mol. The molecule has 2 aromatic rings. The Morgan fingerprint density at radius 3 is 2.64 bits per heavy atom. The van der Waals surface area contributed by atoms with Gasteiger partial charge in [-0.05, 0) is 74.8 Å².